The van der Waals surface area contributed by atoms with Crippen molar-refractivity contribution in [3.63, 3.8) is 0 Å². The maximum atomic E-state index is 13.0. The lowest BCUT2D eigenvalue weighted by Gasteiger charge is -2.14. The molecule has 0 aliphatic rings. The van der Waals surface area contributed by atoms with Gasteiger partial charge in [0.15, 0.2) is 5.65 Å². The fourth-order valence-electron chi connectivity index (χ4n) is 3.46. The molecule has 0 saturated carbocycles. The number of rotatable bonds is 4. The molecule has 0 saturated heterocycles. The van der Waals surface area contributed by atoms with Gasteiger partial charge in [-0.2, -0.15) is 0 Å². The third kappa shape index (κ3) is 3.14. The number of aryl methyl sites for hydroxylation is 1. The van der Waals surface area contributed by atoms with Crippen molar-refractivity contribution in [3.8, 4) is 33.9 Å². The summed E-state index contributed by atoms with van der Waals surface area (Å²) < 4.78 is 13.0. The van der Waals surface area contributed by atoms with Crippen LogP contribution in [0.2, 0.25) is 0 Å². The first-order valence-electron chi connectivity index (χ1n) is 9.34. The van der Waals surface area contributed by atoms with Gasteiger partial charge in [-0.25, -0.2) is 9.78 Å². The van der Waals surface area contributed by atoms with Crippen LogP contribution in [0, 0.1) is 0 Å². The number of pyridine rings is 1. The second-order valence-corrected chi connectivity index (χ2v) is 6.92. The van der Waals surface area contributed by atoms with E-state index in [1.54, 1.807) is 21.3 Å². The van der Waals surface area contributed by atoms with Gasteiger partial charge in [-0.05, 0) is 48.0 Å². The molecule has 152 valence electrons. The quantitative estimate of drug-likeness (QED) is 0.524. The van der Waals surface area contributed by atoms with E-state index in [1.807, 2.05) is 54.6 Å². The van der Waals surface area contributed by atoms with Crippen LogP contribution in [0.25, 0.3) is 33.4 Å². The zero-order chi connectivity index (χ0) is 21.4. The number of ether oxygens (including phenoxy) is 2. The van der Waals surface area contributed by atoms with Gasteiger partial charge >= 0.3 is 5.69 Å². The van der Waals surface area contributed by atoms with Crippen LogP contribution >= 0.6 is 0 Å². The van der Waals surface area contributed by atoms with Crippen LogP contribution in [0.1, 0.15) is 0 Å². The first-order chi connectivity index (χ1) is 14.4. The van der Waals surface area contributed by atoms with E-state index in [2.05, 4.69) is 4.98 Å². The molecular formula is C23H21N3O4. The van der Waals surface area contributed by atoms with Gasteiger partial charge in [0.05, 0.1) is 25.3 Å². The third-order valence-corrected chi connectivity index (χ3v) is 5.20. The largest absolute Gasteiger partial charge is 0.497 e. The summed E-state index contributed by atoms with van der Waals surface area (Å²) in [5.74, 6) is 1.45. The molecule has 2 aromatic heterocycles. The van der Waals surface area contributed by atoms with Crippen LogP contribution in [0.4, 0.5) is 0 Å². The molecule has 30 heavy (non-hydrogen) atoms. The Balaban J connectivity index is 2.08. The number of benzene rings is 2. The molecule has 0 N–H and O–H groups in total. The highest BCUT2D eigenvalue weighted by Gasteiger charge is 2.17. The lowest BCUT2D eigenvalue weighted by Crippen LogP contribution is -2.37. The fraction of sp³-hybridized carbons (Fsp3) is 0.174. The lowest BCUT2D eigenvalue weighted by molar-refractivity contribution is 0.415. The zero-order valence-electron chi connectivity index (χ0n) is 17.2. The molecule has 0 bridgehead atoms. The van der Waals surface area contributed by atoms with Gasteiger partial charge in [-0.15, -0.1) is 0 Å². The van der Waals surface area contributed by atoms with Gasteiger partial charge in [-0.1, -0.05) is 12.1 Å². The van der Waals surface area contributed by atoms with Gasteiger partial charge in [-0.3, -0.25) is 13.9 Å². The average Bonchev–Trinajstić information content (AvgIpc) is 2.80. The maximum absolute atomic E-state index is 13.0. The number of fused-ring (bicyclic) bond motifs is 1. The maximum Gasteiger partial charge on any atom is 0.332 e. The highest BCUT2D eigenvalue weighted by molar-refractivity contribution is 5.94. The van der Waals surface area contributed by atoms with E-state index in [1.165, 1.54) is 11.6 Å². The van der Waals surface area contributed by atoms with Gasteiger partial charge in [0.1, 0.15) is 11.5 Å². The Morgan fingerprint density at radius 3 is 1.83 bits per heavy atom. The van der Waals surface area contributed by atoms with E-state index < -0.39 is 5.69 Å². The summed E-state index contributed by atoms with van der Waals surface area (Å²) in [7, 11) is 6.30. The molecule has 0 radical (unpaired) electrons. The summed E-state index contributed by atoms with van der Waals surface area (Å²) in [6, 6.07) is 16.8. The highest BCUT2D eigenvalue weighted by Crippen LogP contribution is 2.31. The summed E-state index contributed by atoms with van der Waals surface area (Å²) >= 11 is 0. The van der Waals surface area contributed by atoms with Crippen molar-refractivity contribution in [2.24, 2.45) is 14.1 Å². The van der Waals surface area contributed by atoms with E-state index in [-0.39, 0.29) is 5.56 Å². The number of methoxy groups -OCH3 is 2. The SMILES string of the molecule is COc1ccc(-c2cc(-c3ccc(OC)cc3)c3c(=O)n(C)c(=O)n(C)c3n2)cc1. The van der Waals surface area contributed by atoms with Gasteiger partial charge in [0.25, 0.3) is 5.56 Å². The monoisotopic (exact) mass is 403 g/mol. The van der Waals surface area contributed by atoms with Crippen LogP contribution in [0.3, 0.4) is 0 Å². The minimum Gasteiger partial charge on any atom is -0.497 e. The molecule has 0 aliphatic carbocycles. The standard InChI is InChI=1S/C23H21N3O4/c1-25-21-20(22(27)26(2)23(25)28)18(14-5-9-16(29-3)10-6-14)13-19(24-21)15-7-11-17(30-4)12-8-15/h5-13H,1-4H3. The molecule has 2 heterocycles. The highest BCUT2D eigenvalue weighted by atomic mass is 16.5. The number of hydrogen-bond acceptors (Lipinski definition) is 5. The Labute approximate surface area is 172 Å². The molecule has 7 nitrogen and oxygen atoms in total. The molecule has 0 amide bonds. The third-order valence-electron chi connectivity index (χ3n) is 5.20. The number of nitrogens with zero attached hydrogens (tertiary/aromatic N) is 3. The molecule has 0 aliphatic heterocycles. The Morgan fingerprint density at radius 1 is 0.767 bits per heavy atom. The van der Waals surface area contributed by atoms with Crippen molar-refractivity contribution < 1.29 is 9.47 Å². The van der Waals surface area contributed by atoms with Crippen molar-refractivity contribution in [2.75, 3.05) is 14.2 Å². The van der Waals surface area contributed by atoms with Crippen LogP contribution in [-0.2, 0) is 14.1 Å². The fourth-order valence-corrected chi connectivity index (χ4v) is 3.46. The van der Waals surface area contributed by atoms with E-state index in [0.717, 1.165) is 21.4 Å². The number of aromatic nitrogens is 3. The van der Waals surface area contributed by atoms with Crippen molar-refractivity contribution in [1.82, 2.24) is 14.1 Å². The molecule has 4 rings (SSSR count). The van der Waals surface area contributed by atoms with E-state index >= 15 is 0 Å². The van der Waals surface area contributed by atoms with Gasteiger partial charge in [0, 0.05) is 25.2 Å². The van der Waals surface area contributed by atoms with Crippen molar-refractivity contribution in [1.29, 1.82) is 0 Å². The summed E-state index contributed by atoms with van der Waals surface area (Å²) in [4.78, 5) is 30.2. The summed E-state index contributed by atoms with van der Waals surface area (Å²) in [5.41, 5.74) is 2.56. The number of hydrogen-bond donors (Lipinski definition) is 0. The summed E-state index contributed by atoms with van der Waals surface area (Å²) in [6.45, 7) is 0. The van der Waals surface area contributed by atoms with Crippen molar-refractivity contribution >= 4 is 11.0 Å². The Bertz CT molecular complexity index is 1350. The summed E-state index contributed by atoms with van der Waals surface area (Å²) in [6.07, 6.45) is 0. The molecule has 4 aromatic rings. The first-order valence-corrected chi connectivity index (χ1v) is 9.34. The van der Waals surface area contributed by atoms with Crippen LogP contribution in [-0.4, -0.2) is 28.3 Å². The van der Waals surface area contributed by atoms with Crippen LogP contribution in [0.5, 0.6) is 11.5 Å². The molecule has 0 atom stereocenters. The molecule has 0 fully saturated rings. The smallest absolute Gasteiger partial charge is 0.332 e. The average molecular weight is 403 g/mol. The normalized spacial score (nSPS) is 10.9. The van der Waals surface area contributed by atoms with Crippen molar-refractivity contribution in [2.45, 2.75) is 0 Å². The lowest BCUT2D eigenvalue weighted by atomic mass is 10.00. The van der Waals surface area contributed by atoms with Gasteiger partial charge in [0.2, 0.25) is 0 Å². The zero-order valence-corrected chi connectivity index (χ0v) is 17.2. The second-order valence-electron chi connectivity index (χ2n) is 6.92. The Hall–Kier alpha value is -3.87. The van der Waals surface area contributed by atoms with Gasteiger partial charge < -0.3 is 9.47 Å². The Kier molecular flexibility index (Phi) is 4.87. The van der Waals surface area contributed by atoms with E-state index in [9.17, 15) is 9.59 Å². The Morgan fingerprint density at radius 2 is 1.30 bits per heavy atom. The van der Waals surface area contributed by atoms with E-state index in [0.29, 0.717) is 28.0 Å². The van der Waals surface area contributed by atoms with E-state index in [4.69, 9.17) is 9.47 Å². The van der Waals surface area contributed by atoms with Crippen LogP contribution in [0.15, 0.2) is 64.2 Å². The predicted molar refractivity (Wildman–Crippen MR) is 116 cm³/mol. The minimum atomic E-state index is -0.424. The predicted octanol–water partition coefficient (Wildman–Crippen LogP) is 2.98. The molecule has 7 heteroatoms. The second kappa shape index (κ2) is 7.51. The summed E-state index contributed by atoms with van der Waals surface area (Å²) in [5, 5.41) is 0.391. The topological polar surface area (TPSA) is 75.3 Å². The first kappa shape index (κ1) is 19.4. The molecule has 0 unspecified atom stereocenters. The molecule has 2 aromatic carbocycles. The molecule has 0 spiro atoms. The van der Waals surface area contributed by atoms with Crippen LogP contribution < -0.4 is 20.7 Å². The minimum absolute atomic E-state index is 0.335. The van der Waals surface area contributed by atoms with Crippen molar-refractivity contribution in [3.05, 3.63) is 75.4 Å². The molecular weight excluding hydrogens is 382 g/mol.